The van der Waals surface area contributed by atoms with Crippen molar-refractivity contribution in [2.24, 2.45) is 5.73 Å². The van der Waals surface area contributed by atoms with Gasteiger partial charge in [-0.25, -0.2) is 0 Å². The molecule has 0 amide bonds. The molecule has 0 saturated heterocycles. The summed E-state index contributed by atoms with van der Waals surface area (Å²) in [6, 6.07) is 16.2. The van der Waals surface area contributed by atoms with Gasteiger partial charge in [0.15, 0.2) is 11.5 Å². The van der Waals surface area contributed by atoms with Crippen LogP contribution in [0.4, 0.5) is 0 Å². The Balaban J connectivity index is 1.48. The fourth-order valence-corrected chi connectivity index (χ4v) is 4.50. The molecule has 3 aromatic rings. The van der Waals surface area contributed by atoms with Crippen molar-refractivity contribution in [2.75, 3.05) is 6.79 Å². The molecule has 0 fully saturated rings. The van der Waals surface area contributed by atoms with Crippen LogP contribution in [-0.4, -0.2) is 6.79 Å². The number of fused-ring (bicyclic) bond motifs is 2. The molecular formula is C24H15Cl3N2O4. The van der Waals surface area contributed by atoms with Crippen molar-refractivity contribution in [1.29, 1.82) is 5.26 Å². The van der Waals surface area contributed by atoms with Gasteiger partial charge in [-0.05, 0) is 35.9 Å². The Hall–Kier alpha value is -3.24. The number of benzene rings is 3. The molecule has 2 aliphatic rings. The highest BCUT2D eigenvalue weighted by atomic mass is 35.5. The average Bonchev–Trinajstić information content (AvgIpc) is 3.24. The van der Waals surface area contributed by atoms with E-state index in [0.29, 0.717) is 38.1 Å². The molecular weight excluding hydrogens is 487 g/mol. The van der Waals surface area contributed by atoms with Crippen molar-refractivity contribution >= 4 is 34.8 Å². The van der Waals surface area contributed by atoms with E-state index in [9.17, 15) is 5.26 Å². The predicted octanol–water partition coefficient (Wildman–Crippen LogP) is 6.17. The second-order valence-electron chi connectivity index (χ2n) is 7.38. The Morgan fingerprint density at radius 1 is 0.970 bits per heavy atom. The first-order valence-electron chi connectivity index (χ1n) is 9.82. The first kappa shape index (κ1) is 21.6. The maximum atomic E-state index is 9.79. The zero-order valence-electron chi connectivity index (χ0n) is 16.9. The highest BCUT2D eigenvalue weighted by Gasteiger charge is 2.33. The molecule has 166 valence electrons. The third-order valence-corrected chi connectivity index (χ3v) is 6.28. The third kappa shape index (κ3) is 4.00. The van der Waals surface area contributed by atoms with Gasteiger partial charge in [0.2, 0.25) is 12.7 Å². The summed E-state index contributed by atoms with van der Waals surface area (Å²) in [4.78, 5) is 0. The molecule has 0 bridgehead atoms. The van der Waals surface area contributed by atoms with E-state index in [4.69, 9.17) is 59.5 Å². The Morgan fingerprint density at radius 2 is 1.76 bits per heavy atom. The second-order valence-corrected chi connectivity index (χ2v) is 8.63. The molecule has 0 saturated carbocycles. The number of rotatable bonds is 4. The summed E-state index contributed by atoms with van der Waals surface area (Å²) in [6.45, 7) is 0.335. The lowest BCUT2D eigenvalue weighted by Crippen LogP contribution is -2.21. The van der Waals surface area contributed by atoms with Crippen LogP contribution in [-0.2, 0) is 6.61 Å². The summed E-state index contributed by atoms with van der Waals surface area (Å²) in [5, 5.41) is 11.2. The van der Waals surface area contributed by atoms with Crippen LogP contribution in [0.3, 0.4) is 0 Å². The Bertz CT molecular complexity index is 1350. The quantitative estimate of drug-likeness (QED) is 0.460. The minimum absolute atomic E-state index is 0.0303. The molecule has 2 N–H and O–H groups in total. The molecule has 0 aromatic heterocycles. The van der Waals surface area contributed by atoms with Gasteiger partial charge in [-0.1, -0.05) is 46.9 Å². The van der Waals surface area contributed by atoms with E-state index < -0.39 is 5.92 Å². The van der Waals surface area contributed by atoms with Gasteiger partial charge in [0.25, 0.3) is 0 Å². The number of nitrogens with zero attached hydrogens (tertiary/aromatic N) is 1. The van der Waals surface area contributed by atoms with Gasteiger partial charge in [0.05, 0.1) is 10.9 Å². The van der Waals surface area contributed by atoms with Crippen molar-refractivity contribution in [3.8, 4) is 29.1 Å². The Kier molecular flexibility index (Phi) is 5.63. The number of allylic oxidation sites excluding steroid dienone is 1. The van der Waals surface area contributed by atoms with E-state index in [1.165, 1.54) is 0 Å². The summed E-state index contributed by atoms with van der Waals surface area (Å²) in [6.07, 6.45) is 0. The van der Waals surface area contributed by atoms with Crippen molar-refractivity contribution in [3.05, 3.63) is 91.7 Å². The number of nitriles is 1. The molecule has 0 aliphatic carbocycles. The monoisotopic (exact) mass is 500 g/mol. The van der Waals surface area contributed by atoms with E-state index >= 15 is 0 Å². The first-order valence-corrected chi connectivity index (χ1v) is 11.0. The van der Waals surface area contributed by atoms with Crippen molar-refractivity contribution in [1.82, 2.24) is 0 Å². The minimum atomic E-state index is -0.495. The standard InChI is InChI=1S/C24H15Cl3N2O4/c25-14-3-1-13(17(26)6-14)10-30-19-4-2-12(5-18(19)27)23-15-7-21-22(32-11-31-21)8-20(15)33-24(29)16(23)9-28/h1-8,23H,10-11,29H2/t23-/m0/s1. The van der Waals surface area contributed by atoms with E-state index in [-0.39, 0.29) is 24.9 Å². The average molecular weight is 502 g/mol. The van der Waals surface area contributed by atoms with Gasteiger partial charge < -0.3 is 24.7 Å². The number of nitrogens with two attached hydrogens (primary N) is 1. The van der Waals surface area contributed by atoms with E-state index in [2.05, 4.69) is 6.07 Å². The lowest BCUT2D eigenvalue weighted by Gasteiger charge is -2.27. The zero-order valence-corrected chi connectivity index (χ0v) is 19.2. The van der Waals surface area contributed by atoms with Gasteiger partial charge in [-0.3, -0.25) is 0 Å². The molecule has 2 heterocycles. The Morgan fingerprint density at radius 3 is 2.48 bits per heavy atom. The van der Waals surface area contributed by atoms with Crippen LogP contribution in [0.1, 0.15) is 22.6 Å². The lowest BCUT2D eigenvalue weighted by molar-refractivity contribution is 0.174. The second kappa shape index (κ2) is 8.60. The number of ether oxygens (including phenoxy) is 4. The number of hydrogen-bond donors (Lipinski definition) is 1. The van der Waals surface area contributed by atoms with Crippen molar-refractivity contribution in [2.45, 2.75) is 12.5 Å². The molecule has 33 heavy (non-hydrogen) atoms. The largest absolute Gasteiger partial charge is 0.487 e. The Labute approximate surface area is 204 Å². The molecule has 6 nitrogen and oxygen atoms in total. The zero-order chi connectivity index (χ0) is 23.1. The maximum absolute atomic E-state index is 9.79. The van der Waals surface area contributed by atoms with Crippen LogP contribution < -0.4 is 24.7 Å². The first-order chi connectivity index (χ1) is 15.9. The van der Waals surface area contributed by atoms with Crippen molar-refractivity contribution < 1.29 is 18.9 Å². The highest BCUT2D eigenvalue weighted by Crippen LogP contribution is 2.48. The van der Waals surface area contributed by atoms with E-state index in [1.807, 2.05) is 6.07 Å². The SMILES string of the molecule is N#CC1=C(N)Oc2cc3c(cc2[C@@H]1c1ccc(OCc2ccc(Cl)cc2Cl)c(Cl)c1)OCO3. The van der Waals surface area contributed by atoms with Crippen molar-refractivity contribution in [3.63, 3.8) is 0 Å². The van der Waals surface area contributed by atoms with Gasteiger partial charge in [0, 0.05) is 27.2 Å². The minimum Gasteiger partial charge on any atom is -0.487 e. The molecule has 5 rings (SSSR count). The van der Waals surface area contributed by atoms with Crippen LogP contribution in [0, 0.1) is 11.3 Å². The van der Waals surface area contributed by atoms with Crippen LogP contribution in [0.15, 0.2) is 60.0 Å². The maximum Gasteiger partial charge on any atom is 0.231 e. The van der Waals surface area contributed by atoms with Gasteiger partial charge in [-0.2, -0.15) is 5.26 Å². The number of hydrogen-bond acceptors (Lipinski definition) is 6. The van der Waals surface area contributed by atoms with Crippen LogP contribution >= 0.6 is 34.8 Å². The summed E-state index contributed by atoms with van der Waals surface area (Å²) < 4.78 is 22.5. The smallest absolute Gasteiger partial charge is 0.231 e. The van der Waals surface area contributed by atoms with E-state index in [1.54, 1.807) is 42.5 Å². The molecule has 0 spiro atoms. The fraction of sp³-hybridized carbons (Fsp3) is 0.125. The fourth-order valence-electron chi connectivity index (χ4n) is 3.80. The van der Waals surface area contributed by atoms with Gasteiger partial charge in [-0.15, -0.1) is 0 Å². The molecule has 2 aliphatic heterocycles. The normalized spacial score (nSPS) is 16.1. The third-order valence-electron chi connectivity index (χ3n) is 5.40. The predicted molar refractivity (Wildman–Crippen MR) is 124 cm³/mol. The van der Waals surface area contributed by atoms with Crippen LogP contribution in [0.25, 0.3) is 0 Å². The molecule has 0 radical (unpaired) electrons. The summed E-state index contributed by atoms with van der Waals surface area (Å²) in [7, 11) is 0. The van der Waals surface area contributed by atoms with E-state index in [0.717, 1.165) is 16.7 Å². The number of halogens is 3. The summed E-state index contributed by atoms with van der Waals surface area (Å²) in [5.74, 6) is 1.64. The highest BCUT2D eigenvalue weighted by molar-refractivity contribution is 6.35. The van der Waals surface area contributed by atoms with Crippen LogP contribution in [0.5, 0.6) is 23.0 Å². The molecule has 3 aromatic carbocycles. The molecule has 9 heteroatoms. The lowest BCUT2D eigenvalue weighted by atomic mass is 9.83. The molecule has 0 unspecified atom stereocenters. The van der Waals surface area contributed by atoms with Crippen LogP contribution in [0.2, 0.25) is 15.1 Å². The van der Waals surface area contributed by atoms with Gasteiger partial charge in [0.1, 0.15) is 29.7 Å². The molecule has 1 atom stereocenters. The summed E-state index contributed by atoms with van der Waals surface area (Å²) in [5.41, 5.74) is 8.59. The van der Waals surface area contributed by atoms with Gasteiger partial charge >= 0.3 is 0 Å². The topological polar surface area (TPSA) is 86.7 Å². The summed E-state index contributed by atoms with van der Waals surface area (Å²) >= 11 is 18.7.